The van der Waals surface area contributed by atoms with E-state index in [1.54, 1.807) is 25.1 Å². The average Bonchev–Trinajstić information content (AvgIpc) is 3.75. The lowest BCUT2D eigenvalue weighted by Gasteiger charge is -2.34. The van der Waals surface area contributed by atoms with Crippen LogP contribution in [0.25, 0.3) is 32.9 Å². The number of carbonyl (C=O) groups excluding carboxylic acids is 2. The fourth-order valence-corrected chi connectivity index (χ4v) is 9.12. The number of alkyl carbamates (subject to hydrolysis) is 1. The highest BCUT2D eigenvalue weighted by molar-refractivity contribution is 6.02. The van der Waals surface area contributed by atoms with Crippen molar-refractivity contribution >= 4 is 39.6 Å². The van der Waals surface area contributed by atoms with Gasteiger partial charge >= 0.3 is 18.1 Å². The minimum absolute atomic E-state index is 0.0362. The van der Waals surface area contributed by atoms with Crippen LogP contribution in [-0.2, 0) is 25.4 Å². The molecule has 5 heterocycles. The molecule has 2 aromatic heterocycles. The Kier molecular flexibility index (Phi) is 13.7. The Morgan fingerprint density at radius 3 is 2.69 bits per heavy atom. The van der Waals surface area contributed by atoms with Crippen LogP contribution in [-0.4, -0.2) is 109 Å². The monoisotopic (exact) mass is 850 g/mol. The molecule has 3 atom stereocenters. The number of hydrogen-bond donors (Lipinski definition) is 1. The Morgan fingerprint density at radius 2 is 1.90 bits per heavy atom. The molecule has 0 spiro atoms. The van der Waals surface area contributed by atoms with Crippen LogP contribution in [0.5, 0.6) is 11.8 Å². The first-order valence-corrected chi connectivity index (χ1v) is 21.4. The summed E-state index contributed by atoms with van der Waals surface area (Å²) in [5, 5.41) is 4.22. The van der Waals surface area contributed by atoms with Gasteiger partial charge < -0.3 is 33.9 Å². The molecule has 0 saturated carbocycles. The number of anilines is 1. The number of pyridine rings is 1. The molecular formula is C45H57F3N6O7. The molecule has 3 aliphatic heterocycles. The molecule has 13 nitrogen and oxygen atoms in total. The summed E-state index contributed by atoms with van der Waals surface area (Å²) in [5.74, 6) is -0.674. The highest BCUT2D eigenvalue weighted by atomic mass is 19.1. The van der Waals surface area contributed by atoms with Gasteiger partial charge in [0.2, 0.25) is 0 Å². The molecule has 61 heavy (non-hydrogen) atoms. The Balaban J connectivity index is 1.28. The standard InChI is InChI=1S/C45H57F3N6O7/c1-6-58-36(55)12-7-11-32-35(47)14-13-29-20-31(60-27-57-5)21-33(37(29)32)39-38(48)40-34(23-50-39)41(52-42(51-40)59-26-45-16-9-19-54(45)25-30(46)22-45)53-18-8-10-28(24-53)15-17-49-43(56)61-44(2,3)4/h13-14,20-21,23,28,30H,6-12,15-19,22,24-27H2,1-5H3,(H,49,56)/t28?,30-,45+/m1/s1. The molecule has 7 rings (SSSR count). The molecule has 2 aromatic carbocycles. The minimum Gasteiger partial charge on any atom is -0.468 e. The maximum Gasteiger partial charge on any atom is 0.407 e. The lowest BCUT2D eigenvalue weighted by Crippen LogP contribution is -2.43. The lowest BCUT2D eigenvalue weighted by atomic mass is 9.93. The van der Waals surface area contributed by atoms with E-state index in [1.165, 1.54) is 19.4 Å². The van der Waals surface area contributed by atoms with E-state index in [1.807, 2.05) is 20.8 Å². The number of aromatic nitrogens is 3. The number of piperidine rings is 1. The number of nitrogens with zero attached hydrogens (tertiary/aromatic N) is 5. The zero-order chi connectivity index (χ0) is 43.3. The second-order valence-electron chi connectivity index (χ2n) is 17.4. The molecule has 330 valence electrons. The van der Waals surface area contributed by atoms with Crippen molar-refractivity contribution in [2.75, 3.05) is 64.7 Å². The quantitative estimate of drug-likeness (QED) is 0.0862. The van der Waals surface area contributed by atoms with E-state index in [0.717, 1.165) is 32.2 Å². The first-order valence-electron chi connectivity index (χ1n) is 21.4. The maximum absolute atomic E-state index is 17.6. The summed E-state index contributed by atoms with van der Waals surface area (Å²) in [6.45, 7) is 10.2. The zero-order valence-electron chi connectivity index (χ0n) is 35.8. The van der Waals surface area contributed by atoms with Gasteiger partial charge in [-0.3, -0.25) is 14.7 Å². The number of alkyl halides is 1. The highest BCUT2D eigenvalue weighted by Crippen LogP contribution is 2.42. The van der Waals surface area contributed by atoms with Gasteiger partial charge in [-0.25, -0.2) is 18.0 Å². The Labute approximate surface area is 354 Å². The summed E-state index contributed by atoms with van der Waals surface area (Å²) in [6, 6.07) is 6.24. The number of nitrogens with one attached hydrogen (secondary N) is 1. The van der Waals surface area contributed by atoms with Crippen LogP contribution in [0, 0.1) is 17.6 Å². The van der Waals surface area contributed by atoms with Gasteiger partial charge in [0.15, 0.2) is 12.6 Å². The molecule has 0 bridgehead atoms. The second kappa shape index (κ2) is 19.0. The van der Waals surface area contributed by atoms with E-state index in [-0.39, 0.29) is 67.5 Å². The Bertz CT molecular complexity index is 2220. The van der Waals surface area contributed by atoms with Gasteiger partial charge in [0.05, 0.1) is 17.5 Å². The van der Waals surface area contributed by atoms with E-state index >= 15 is 8.78 Å². The van der Waals surface area contributed by atoms with Crippen molar-refractivity contribution in [3.05, 3.63) is 47.7 Å². The normalized spacial score (nSPS) is 20.6. The van der Waals surface area contributed by atoms with Gasteiger partial charge in [-0.1, -0.05) is 6.07 Å². The van der Waals surface area contributed by atoms with Gasteiger partial charge in [-0.2, -0.15) is 9.97 Å². The SMILES string of the molecule is CCOC(=O)CCCc1c(F)ccc2cc(OCOC)cc(-c3ncc4c(N5CCCC(CCNC(=O)OC(C)(C)C)C5)nc(OC[C@@]56CCCN5C[C@H](F)C6)nc4c3F)c12. The van der Waals surface area contributed by atoms with Crippen LogP contribution >= 0.6 is 0 Å². The number of benzene rings is 2. The number of ether oxygens (including phenoxy) is 5. The van der Waals surface area contributed by atoms with Crippen molar-refractivity contribution in [3.63, 3.8) is 0 Å². The smallest absolute Gasteiger partial charge is 0.407 e. The van der Waals surface area contributed by atoms with Gasteiger partial charge in [-0.05, 0) is 120 Å². The molecule has 3 saturated heterocycles. The predicted molar refractivity (Wildman–Crippen MR) is 225 cm³/mol. The van der Waals surface area contributed by atoms with E-state index in [2.05, 4.69) is 20.1 Å². The molecule has 16 heteroatoms. The average molecular weight is 851 g/mol. The molecule has 1 unspecified atom stereocenters. The predicted octanol–water partition coefficient (Wildman–Crippen LogP) is 8.08. The highest BCUT2D eigenvalue weighted by Gasteiger charge is 2.49. The number of fused-ring (bicyclic) bond motifs is 3. The first-order chi connectivity index (χ1) is 29.3. The van der Waals surface area contributed by atoms with Crippen molar-refractivity contribution in [1.82, 2.24) is 25.2 Å². The summed E-state index contributed by atoms with van der Waals surface area (Å²) in [4.78, 5) is 43.0. The van der Waals surface area contributed by atoms with Crippen LogP contribution in [0.4, 0.5) is 23.8 Å². The first kappa shape index (κ1) is 44.1. The van der Waals surface area contributed by atoms with E-state index in [0.29, 0.717) is 78.7 Å². The molecule has 3 aliphatic rings. The zero-order valence-corrected chi connectivity index (χ0v) is 35.8. The maximum atomic E-state index is 17.6. The minimum atomic E-state index is -0.962. The van der Waals surface area contributed by atoms with Gasteiger partial charge in [0.1, 0.15) is 47.0 Å². The van der Waals surface area contributed by atoms with Gasteiger partial charge in [-0.15, -0.1) is 0 Å². The fraction of sp³-hybridized carbons (Fsp3) is 0.578. The molecular weight excluding hydrogens is 794 g/mol. The van der Waals surface area contributed by atoms with Gasteiger partial charge in [0.25, 0.3) is 0 Å². The lowest BCUT2D eigenvalue weighted by molar-refractivity contribution is -0.143. The molecule has 4 aromatic rings. The fourth-order valence-electron chi connectivity index (χ4n) is 9.12. The van der Waals surface area contributed by atoms with E-state index in [4.69, 9.17) is 33.7 Å². The van der Waals surface area contributed by atoms with Crippen molar-refractivity contribution in [3.8, 4) is 23.0 Å². The summed E-state index contributed by atoms with van der Waals surface area (Å²) in [7, 11) is 1.48. The summed E-state index contributed by atoms with van der Waals surface area (Å²) in [5.41, 5.74) is -0.659. The number of aryl methyl sites for hydroxylation is 1. The number of rotatable bonds is 16. The molecule has 1 amide bonds. The summed E-state index contributed by atoms with van der Waals surface area (Å²) >= 11 is 0. The summed E-state index contributed by atoms with van der Waals surface area (Å²) < 4.78 is 76.0. The van der Waals surface area contributed by atoms with Crippen molar-refractivity contribution in [1.29, 1.82) is 0 Å². The van der Waals surface area contributed by atoms with E-state index in [9.17, 15) is 14.0 Å². The van der Waals surface area contributed by atoms with Gasteiger partial charge in [0, 0.05) is 57.9 Å². The van der Waals surface area contributed by atoms with Crippen LogP contribution in [0.1, 0.15) is 84.6 Å². The molecule has 0 aliphatic carbocycles. The number of esters is 1. The van der Waals surface area contributed by atoms with Crippen molar-refractivity contribution in [2.45, 2.75) is 103 Å². The number of carbonyl (C=O) groups is 2. The molecule has 3 fully saturated rings. The largest absolute Gasteiger partial charge is 0.468 e. The number of methoxy groups -OCH3 is 1. The van der Waals surface area contributed by atoms with Crippen molar-refractivity contribution < 1.29 is 46.4 Å². The molecule has 0 radical (unpaired) electrons. The Morgan fingerprint density at radius 1 is 1.07 bits per heavy atom. The second-order valence-corrected chi connectivity index (χ2v) is 17.4. The third-order valence-electron chi connectivity index (χ3n) is 11.8. The third kappa shape index (κ3) is 10.2. The third-order valence-corrected chi connectivity index (χ3v) is 11.8. The van der Waals surface area contributed by atoms with E-state index < -0.39 is 35.0 Å². The van der Waals surface area contributed by atoms with Crippen LogP contribution in [0.3, 0.4) is 0 Å². The topological polar surface area (TPSA) is 137 Å². The summed E-state index contributed by atoms with van der Waals surface area (Å²) in [6.07, 6.45) is 5.14. The number of amides is 1. The van der Waals surface area contributed by atoms with Crippen LogP contribution < -0.4 is 19.7 Å². The van der Waals surface area contributed by atoms with Crippen LogP contribution in [0.2, 0.25) is 0 Å². The number of hydrogen-bond acceptors (Lipinski definition) is 12. The molecule has 1 N–H and O–H groups in total. The van der Waals surface area contributed by atoms with Crippen molar-refractivity contribution in [2.24, 2.45) is 5.92 Å². The Hall–Kier alpha value is -4.96. The number of halogens is 3. The van der Waals surface area contributed by atoms with Crippen LogP contribution in [0.15, 0.2) is 30.5 Å².